The number of nitrogens with one attached hydrogen (secondary N) is 1. The summed E-state index contributed by atoms with van der Waals surface area (Å²) in [6, 6.07) is 1.85. The van der Waals surface area contributed by atoms with Crippen molar-refractivity contribution in [3.8, 4) is 6.01 Å². The van der Waals surface area contributed by atoms with Crippen LogP contribution in [0.1, 0.15) is 26.0 Å². The standard InChI is InChI=1S/C9H14N4O/c1-3-6(2)14-9-12-5-4-7(13-9)8(10)11/h4-6H,3H2,1-2H3,(H3,10,11). The minimum absolute atomic E-state index is 0.0669. The summed E-state index contributed by atoms with van der Waals surface area (Å²) in [4.78, 5) is 7.90. The second kappa shape index (κ2) is 4.55. The average Bonchev–Trinajstić information content (AvgIpc) is 2.18. The maximum absolute atomic E-state index is 7.19. The van der Waals surface area contributed by atoms with Crippen LogP contribution < -0.4 is 10.5 Å². The van der Waals surface area contributed by atoms with E-state index in [2.05, 4.69) is 9.97 Å². The first-order valence-electron chi connectivity index (χ1n) is 4.47. The molecule has 14 heavy (non-hydrogen) atoms. The fraction of sp³-hybridized carbons (Fsp3) is 0.444. The highest BCUT2D eigenvalue weighted by molar-refractivity contribution is 5.92. The molecular formula is C9H14N4O. The van der Waals surface area contributed by atoms with Gasteiger partial charge in [-0.05, 0) is 19.4 Å². The van der Waals surface area contributed by atoms with Crippen LogP contribution in [0, 0.1) is 5.41 Å². The monoisotopic (exact) mass is 194 g/mol. The highest BCUT2D eigenvalue weighted by Gasteiger charge is 2.05. The lowest BCUT2D eigenvalue weighted by atomic mass is 10.3. The van der Waals surface area contributed by atoms with Crippen molar-refractivity contribution in [2.75, 3.05) is 0 Å². The number of nitrogen functional groups attached to an aromatic ring is 1. The topological polar surface area (TPSA) is 84.9 Å². The molecule has 1 unspecified atom stereocenters. The van der Waals surface area contributed by atoms with Gasteiger partial charge in [-0.2, -0.15) is 4.98 Å². The number of nitrogens with two attached hydrogens (primary N) is 1. The number of aromatic nitrogens is 2. The predicted octanol–water partition coefficient (Wildman–Crippen LogP) is 0.938. The summed E-state index contributed by atoms with van der Waals surface area (Å²) in [7, 11) is 0. The second-order valence-electron chi connectivity index (χ2n) is 2.97. The molecule has 5 heteroatoms. The molecule has 0 aliphatic rings. The Kier molecular flexibility index (Phi) is 3.39. The smallest absolute Gasteiger partial charge is 0.317 e. The number of hydrogen-bond acceptors (Lipinski definition) is 4. The van der Waals surface area contributed by atoms with Crippen LogP contribution in [0.2, 0.25) is 0 Å². The van der Waals surface area contributed by atoms with Gasteiger partial charge in [-0.25, -0.2) is 4.98 Å². The van der Waals surface area contributed by atoms with E-state index in [1.54, 1.807) is 6.07 Å². The quantitative estimate of drug-likeness (QED) is 0.551. The van der Waals surface area contributed by atoms with Gasteiger partial charge >= 0.3 is 6.01 Å². The molecule has 0 fully saturated rings. The number of amidine groups is 1. The maximum Gasteiger partial charge on any atom is 0.317 e. The van der Waals surface area contributed by atoms with Crippen molar-refractivity contribution < 1.29 is 4.74 Å². The second-order valence-corrected chi connectivity index (χ2v) is 2.97. The zero-order valence-electron chi connectivity index (χ0n) is 8.32. The largest absolute Gasteiger partial charge is 0.460 e. The van der Waals surface area contributed by atoms with Gasteiger partial charge in [-0.1, -0.05) is 6.92 Å². The third-order valence-corrected chi connectivity index (χ3v) is 1.79. The summed E-state index contributed by atoms with van der Waals surface area (Å²) in [5.41, 5.74) is 5.67. The lowest BCUT2D eigenvalue weighted by Gasteiger charge is -2.10. The summed E-state index contributed by atoms with van der Waals surface area (Å²) in [5.74, 6) is -0.0820. The molecule has 1 aromatic heterocycles. The molecule has 0 bridgehead atoms. The number of nitrogens with zero attached hydrogens (tertiary/aromatic N) is 2. The molecular weight excluding hydrogens is 180 g/mol. The van der Waals surface area contributed by atoms with Gasteiger partial charge in [0.05, 0.1) is 6.10 Å². The zero-order valence-corrected chi connectivity index (χ0v) is 8.32. The van der Waals surface area contributed by atoms with E-state index in [9.17, 15) is 0 Å². The Balaban J connectivity index is 2.78. The zero-order chi connectivity index (χ0) is 10.6. The van der Waals surface area contributed by atoms with Gasteiger partial charge in [0, 0.05) is 6.20 Å². The molecule has 1 atom stereocenters. The van der Waals surface area contributed by atoms with Crippen LogP contribution in [0.15, 0.2) is 12.3 Å². The Hall–Kier alpha value is -1.65. The summed E-state index contributed by atoms with van der Waals surface area (Å²) in [6.07, 6.45) is 2.48. The summed E-state index contributed by atoms with van der Waals surface area (Å²) < 4.78 is 5.38. The van der Waals surface area contributed by atoms with Crippen LogP contribution in [0.5, 0.6) is 6.01 Å². The van der Waals surface area contributed by atoms with E-state index in [-0.39, 0.29) is 18.0 Å². The van der Waals surface area contributed by atoms with Crippen LogP contribution in [-0.4, -0.2) is 21.9 Å². The fourth-order valence-electron chi connectivity index (χ4n) is 0.811. The van der Waals surface area contributed by atoms with Crippen molar-refractivity contribution >= 4 is 5.84 Å². The minimum Gasteiger partial charge on any atom is -0.460 e. The third kappa shape index (κ3) is 2.69. The molecule has 1 rings (SSSR count). The highest BCUT2D eigenvalue weighted by Crippen LogP contribution is 2.06. The average molecular weight is 194 g/mol. The molecule has 1 aromatic rings. The molecule has 1 heterocycles. The molecule has 3 N–H and O–H groups in total. The Morgan fingerprint density at radius 2 is 2.43 bits per heavy atom. The summed E-state index contributed by atoms with van der Waals surface area (Å²) >= 11 is 0. The van der Waals surface area contributed by atoms with Crippen LogP contribution >= 0.6 is 0 Å². The van der Waals surface area contributed by atoms with E-state index in [4.69, 9.17) is 15.9 Å². The van der Waals surface area contributed by atoms with E-state index in [0.717, 1.165) is 6.42 Å². The Labute approximate surface area is 82.8 Å². The van der Waals surface area contributed by atoms with Crippen LogP contribution in [0.4, 0.5) is 0 Å². The van der Waals surface area contributed by atoms with Crippen LogP contribution in [-0.2, 0) is 0 Å². The summed E-state index contributed by atoms with van der Waals surface area (Å²) in [6.45, 7) is 3.95. The van der Waals surface area contributed by atoms with Crippen molar-refractivity contribution in [2.45, 2.75) is 26.4 Å². The molecule has 0 aliphatic heterocycles. The van der Waals surface area contributed by atoms with Crippen molar-refractivity contribution in [3.63, 3.8) is 0 Å². The lowest BCUT2D eigenvalue weighted by Crippen LogP contribution is -2.16. The van der Waals surface area contributed by atoms with E-state index in [0.29, 0.717) is 5.69 Å². The van der Waals surface area contributed by atoms with E-state index in [1.165, 1.54) is 6.20 Å². The molecule has 0 aliphatic carbocycles. The molecule has 0 saturated carbocycles. The maximum atomic E-state index is 7.19. The Morgan fingerprint density at radius 3 is 3.00 bits per heavy atom. The van der Waals surface area contributed by atoms with Crippen molar-refractivity contribution in [3.05, 3.63) is 18.0 Å². The third-order valence-electron chi connectivity index (χ3n) is 1.79. The number of ether oxygens (including phenoxy) is 1. The highest BCUT2D eigenvalue weighted by atomic mass is 16.5. The van der Waals surface area contributed by atoms with Crippen LogP contribution in [0.25, 0.3) is 0 Å². The minimum atomic E-state index is -0.0820. The van der Waals surface area contributed by atoms with Gasteiger partial charge in [-0.3, -0.25) is 5.41 Å². The molecule has 0 spiro atoms. The summed E-state index contributed by atoms with van der Waals surface area (Å²) in [5, 5.41) is 7.19. The van der Waals surface area contributed by atoms with Crippen molar-refractivity contribution in [2.24, 2.45) is 5.73 Å². The predicted molar refractivity (Wildman–Crippen MR) is 53.4 cm³/mol. The Morgan fingerprint density at radius 1 is 1.71 bits per heavy atom. The normalized spacial score (nSPS) is 12.1. The van der Waals surface area contributed by atoms with Gasteiger partial charge in [-0.15, -0.1) is 0 Å². The van der Waals surface area contributed by atoms with Crippen molar-refractivity contribution in [1.29, 1.82) is 5.41 Å². The fourth-order valence-corrected chi connectivity index (χ4v) is 0.811. The molecule has 0 amide bonds. The molecule has 76 valence electrons. The molecule has 5 nitrogen and oxygen atoms in total. The van der Waals surface area contributed by atoms with E-state index in [1.807, 2.05) is 13.8 Å². The van der Waals surface area contributed by atoms with Crippen LogP contribution in [0.3, 0.4) is 0 Å². The van der Waals surface area contributed by atoms with E-state index >= 15 is 0 Å². The molecule has 0 aromatic carbocycles. The lowest BCUT2D eigenvalue weighted by molar-refractivity contribution is 0.199. The first-order valence-corrected chi connectivity index (χ1v) is 4.47. The van der Waals surface area contributed by atoms with Gasteiger partial charge in [0.15, 0.2) is 0 Å². The number of hydrogen-bond donors (Lipinski definition) is 2. The van der Waals surface area contributed by atoms with Crippen molar-refractivity contribution in [1.82, 2.24) is 9.97 Å². The van der Waals surface area contributed by atoms with Gasteiger partial charge in [0.2, 0.25) is 0 Å². The molecule has 0 saturated heterocycles. The van der Waals surface area contributed by atoms with Gasteiger partial charge in [0.1, 0.15) is 11.5 Å². The molecule has 0 radical (unpaired) electrons. The first-order chi connectivity index (χ1) is 6.63. The SMILES string of the molecule is CCC(C)Oc1nccc(C(=N)N)n1. The van der Waals surface area contributed by atoms with Gasteiger partial charge in [0.25, 0.3) is 0 Å². The Bertz CT molecular complexity index is 326. The van der Waals surface area contributed by atoms with Gasteiger partial charge < -0.3 is 10.5 Å². The number of rotatable bonds is 4. The first kappa shape index (κ1) is 10.4. The van der Waals surface area contributed by atoms with E-state index < -0.39 is 0 Å².